The van der Waals surface area contributed by atoms with Crippen molar-refractivity contribution in [2.24, 2.45) is 11.8 Å². The predicted octanol–water partition coefficient (Wildman–Crippen LogP) is 5.89. The fourth-order valence-corrected chi connectivity index (χ4v) is 7.80. The van der Waals surface area contributed by atoms with Crippen molar-refractivity contribution >= 4 is 17.3 Å². The summed E-state index contributed by atoms with van der Waals surface area (Å²) in [5.41, 5.74) is 0.949. The summed E-state index contributed by atoms with van der Waals surface area (Å²) >= 11 is 1.94. The molecule has 1 aromatic carbocycles. The van der Waals surface area contributed by atoms with E-state index in [-0.39, 0.29) is 5.52 Å². The molecule has 1 unspecified atom stereocenters. The number of pyridine rings is 1. The molecule has 4 heterocycles. The van der Waals surface area contributed by atoms with Crippen LogP contribution >= 0.6 is 11.8 Å². The number of alkyl halides is 3. The summed E-state index contributed by atoms with van der Waals surface area (Å²) in [6, 6.07) is 9.09. The van der Waals surface area contributed by atoms with Crippen LogP contribution in [0.1, 0.15) is 61.6 Å². The van der Waals surface area contributed by atoms with Crippen LogP contribution in [-0.2, 0) is 12.7 Å². The number of likely N-dealkylation sites (tertiary alicyclic amines) is 1. The minimum absolute atomic E-state index is 0.104. The lowest BCUT2D eigenvalue weighted by atomic mass is 9.72. The Morgan fingerprint density at radius 3 is 2.66 bits per heavy atom. The number of imidazole rings is 1. The molecule has 0 spiro atoms. The molecule has 38 heavy (non-hydrogen) atoms. The zero-order chi connectivity index (χ0) is 26.4. The van der Waals surface area contributed by atoms with Gasteiger partial charge in [-0.25, -0.2) is 4.79 Å². The lowest BCUT2D eigenvalue weighted by molar-refractivity contribution is -0.136. The van der Waals surface area contributed by atoms with Crippen molar-refractivity contribution in [3.63, 3.8) is 0 Å². The average Bonchev–Trinajstić information content (AvgIpc) is 3.49. The molecule has 204 valence electrons. The van der Waals surface area contributed by atoms with Gasteiger partial charge in [0.05, 0.1) is 22.1 Å². The van der Waals surface area contributed by atoms with Crippen LogP contribution < -0.4 is 11.0 Å². The zero-order valence-corrected chi connectivity index (χ0v) is 22.5. The third kappa shape index (κ3) is 5.05. The van der Waals surface area contributed by atoms with E-state index in [1.807, 2.05) is 30.0 Å². The van der Waals surface area contributed by atoms with Gasteiger partial charge in [-0.05, 0) is 73.4 Å². The second kappa shape index (κ2) is 10.4. The van der Waals surface area contributed by atoms with Crippen molar-refractivity contribution < 1.29 is 13.2 Å². The molecule has 2 aromatic heterocycles. The van der Waals surface area contributed by atoms with E-state index in [1.165, 1.54) is 40.5 Å². The topological polar surface area (TPSA) is 41.7 Å². The maximum absolute atomic E-state index is 14.2. The van der Waals surface area contributed by atoms with Gasteiger partial charge in [-0.1, -0.05) is 25.5 Å². The predicted molar refractivity (Wildman–Crippen MR) is 146 cm³/mol. The number of nitrogens with zero attached hydrogens (tertiary/aromatic N) is 3. The van der Waals surface area contributed by atoms with E-state index in [0.717, 1.165) is 43.8 Å². The third-order valence-corrected chi connectivity index (χ3v) is 9.80. The van der Waals surface area contributed by atoms with Crippen LogP contribution in [0.3, 0.4) is 0 Å². The number of nitrogens with one attached hydrogen (secondary N) is 1. The van der Waals surface area contributed by atoms with Crippen LogP contribution in [0.2, 0.25) is 0 Å². The van der Waals surface area contributed by atoms with Crippen molar-refractivity contribution in [1.82, 2.24) is 19.2 Å². The minimum Gasteiger partial charge on any atom is -0.304 e. The summed E-state index contributed by atoms with van der Waals surface area (Å²) < 4.78 is 45.2. The summed E-state index contributed by atoms with van der Waals surface area (Å²) in [5.74, 6) is 2.52. The van der Waals surface area contributed by atoms with Crippen molar-refractivity contribution in [2.75, 3.05) is 25.4 Å². The van der Waals surface area contributed by atoms with Gasteiger partial charge in [0.2, 0.25) is 0 Å². The molecule has 6 rings (SSSR count). The number of thioether (sulfide) groups is 1. The molecule has 1 N–H and O–H groups in total. The maximum Gasteiger partial charge on any atom is 0.418 e. The molecule has 3 atom stereocenters. The summed E-state index contributed by atoms with van der Waals surface area (Å²) in [6.45, 7) is 5.29. The van der Waals surface area contributed by atoms with Gasteiger partial charge in [-0.3, -0.25) is 13.9 Å². The molecule has 5 nitrogen and oxygen atoms in total. The van der Waals surface area contributed by atoms with Gasteiger partial charge in [0.15, 0.2) is 0 Å². The Labute approximate surface area is 225 Å². The molecule has 0 amide bonds. The monoisotopic (exact) mass is 544 g/mol. The smallest absolute Gasteiger partial charge is 0.304 e. The third-order valence-electron chi connectivity index (χ3n) is 8.54. The Balaban J connectivity index is 1.39. The SMILES string of the molecule is C[C@H]1CCCN(Cc2cc(C(F)(F)F)c3cn(-c4cccc([C@@H](C5CCC5)C5NCCS5)c4)c(=O)n3c2)C1. The first-order valence-corrected chi connectivity index (χ1v) is 14.8. The van der Waals surface area contributed by atoms with Gasteiger partial charge in [0.25, 0.3) is 0 Å². The highest BCUT2D eigenvalue weighted by atomic mass is 32.2. The van der Waals surface area contributed by atoms with Crippen LogP contribution in [0.5, 0.6) is 0 Å². The number of benzene rings is 1. The van der Waals surface area contributed by atoms with Crippen molar-refractivity contribution in [3.8, 4) is 5.69 Å². The Kier molecular flexibility index (Phi) is 7.12. The summed E-state index contributed by atoms with van der Waals surface area (Å²) in [4.78, 5) is 15.8. The second-order valence-corrected chi connectivity index (χ2v) is 12.6. The van der Waals surface area contributed by atoms with Crippen molar-refractivity contribution in [1.29, 1.82) is 0 Å². The molecule has 9 heteroatoms. The summed E-state index contributed by atoms with van der Waals surface area (Å²) in [5, 5.41) is 3.95. The fourth-order valence-electron chi connectivity index (χ4n) is 6.48. The van der Waals surface area contributed by atoms with Crippen molar-refractivity contribution in [2.45, 2.75) is 63.0 Å². The van der Waals surface area contributed by atoms with Gasteiger partial charge < -0.3 is 5.32 Å². The van der Waals surface area contributed by atoms with E-state index in [4.69, 9.17) is 0 Å². The lowest BCUT2D eigenvalue weighted by Gasteiger charge is -2.37. The van der Waals surface area contributed by atoms with Gasteiger partial charge in [0.1, 0.15) is 0 Å². The molecular formula is C29H35F3N4OS. The number of halogens is 3. The maximum atomic E-state index is 14.2. The number of aromatic nitrogens is 2. The van der Waals surface area contributed by atoms with E-state index < -0.39 is 17.4 Å². The highest BCUT2D eigenvalue weighted by molar-refractivity contribution is 8.00. The normalized spacial score (nSPS) is 24.1. The van der Waals surface area contributed by atoms with E-state index in [2.05, 4.69) is 23.2 Å². The Bertz CT molecular complexity index is 1360. The number of rotatable bonds is 6. The molecule has 3 aromatic rings. The number of hydrogen-bond acceptors (Lipinski definition) is 4. The van der Waals surface area contributed by atoms with Crippen LogP contribution in [0.4, 0.5) is 13.2 Å². The number of piperidine rings is 1. The molecular weight excluding hydrogens is 509 g/mol. The fraction of sp³-hybridized carbons (Fsp3) is 0.552. The van der Waals surface area contributed by atoms with Crippen LogP contribution in [-0.4, -0.2) is 44.6 Å². The number of hydrogen-bond donors (Lipinski definition) is 1. The Morgan fingerprint density at radius 1 is 1.13 bits per heavy atom. The second-order valence-electron chi connectivity index (χ2n) is 11.3. The first kappa shape index (κ1) is 26.0. The van der Waals surface area contributed by atoms with Crippen molar-refractivity contribution in [3.05, 3.63) is 69.9 Å². The molecule has 3 aliphatic rings. The van der Waals surface area contributed by atoms with Crippen LogP contribution in [0.15, 0.2) is 47.5 Å². The highest BCUT2D eigenvalue weighted by Gasteiger charge is 2.37. The molecule has 0 bridgehead atoms. The molecule has 1 saturated carbocycles. The van der Waals surface area contributed by atoms with Crippen LogP contribution in [0.25, 0.3) is 11.2 Å². The first-order chi connectivity index (χ1) is 18.3. The summed E-state index contributed by atoms with van der Waals surface area (Å²) in [7, 11) is 0. The minimum atomic E-state index is -4.56. The van der Waals surface area contributed by atoms with E-state index in [0.29, 0.717) is 40.9 Å². The van der Waals surface area contributed by atoms with Gasteiger partial charge in [0, 0.05) is 43.7 Å². The Morgan fingerprint density at radius 2 is 1.97 bits per heavy atom. The van der Waals surface area contributed by atoms with Gasteiger partial charge in [-0.15, -0.1) is 11.8 Å². The molecule has 2 saturated heterocycles. The van der Waals surface area contributed by atoms with Gasteiger partial charge >= 0.3 is 11.9 Å². The zero-order valence-electron chi connectivity index (χ0n) is 21.7. The average molecular weight is 545 g/mol. The Hall–Kier alpha value is -2.23. The number of fused-ring (bicyclic) bond motifs is 1. The standard InChI is InChI=1S/C29H35F3N4OS/c1-19-5-4-11-34(15-19)16-20-13-24(29(30,31)32)25-18-35(28(37)36(25)17-20)23-9-3-8-22(14-23)26(21-6-2-7-21)27-33-10-12-38-27/h3,8-9,13-14,17-19,21,26-27,33H,2,4-7,10-12,15-16H2,1H3/t19-,26+,27?/m0/s1. The van der Waals surface area contributed by atoms with Gasteiger partial charge in [-0.2, -0.15) is 13.2 Å². The molecule has 3 fully saturated rings. The molecule has 1 aliphatic carbocycles. The lowest BCUT2D eigenvalue weighted by Crippen LogP contribution is -2.34. The largest absolute Gasteiger partial charge is 0.418 e. The molecule has 2 aliphatic heterocycles. The highest BCUT2D eigenvalue weighted by Crippen LogP contribution is 2.45. The van der Waals surface area contributed by atoms with Crippen LogP contribution in [0, 0.1) is 11.8 Å². The summed E-state index contributed by atoms with van der Waals surface area (Å²) in [6.07, 6.45) is 4.20. The molecule has 0 radical (unpaired) electrons. The first-order valence-electron chi connectivity index (χ1n) is 13.8. The van der Waals surface area contributed by atoms with E-state index in [1.54, 1.807) is 6.20 Å². The quantitative estimate of drug-likeness (QED) is 0.421. The van der Waals surface area contributed by atoms with E-state index in [9.17, 15) is 18.0 Å². The van der Waals surface area contributed by atoms with E-state index >= 15 is 0 Å².